The standard InChI is InChI=1S/C15H9F4N/c16-14-6-3-11(12(8-14)9-20)7-10-1-4-13(5-2-10)15(17,18)19/h1-6,8H,7H2. The first-order valence-electron chi connectivity index (χ1n) is 5.75. The molecule has 2 aromatic carbocycles. The van der Waals surface area contributed by atoms with Crippen LogP contribution < -0.4 is 0 Å². The van der Waals surface area contributed by atoms with Gasteiger partial charge < -0.3 is 0 Å². The predicted molar refractivity (Wildman–Crippen MR) is 65.4 cm³/mol. The highest BCUT2D eigenvalue weighted by Crippen LogP contribution is 2.29. The highest BCUT2D eigenvalue weighted by atomic mass is 19.4. The molecule has 0 aliphatic carbocycles. The number of halogens is 4. The van der Waals surface area contributed by atoms with Crippen LogP contribution in [0.4, 0.5) is 17.6 Å². The van der Waals surface area contributed by atoms with E-state index in [0.717, 1.165) is 18.2 Å². The van der Waals surface area contributed by atoms with Gasteiger partial charge in [0.15, 0.2) is 0 Å². The second-order valence-electron chi connectivity index (χ2n) is 4.28. The Hall–Kier alpha value is -2.35. The Bertz CT molecular complexity index is 651. The number of nitrogens with zero attached hydrogens (tertiary/aromatic N) is 1. The summed E-state index contributed by atoms with van der Waals surface area (Å²) in [6.07, 6.45) is -4.09. The summed E-state index contributed by atoms with van der Waals surface area (Å²) in [6, 6.07) is 10.4. The Morgan fingerprint density at radius 2 is 1.65 bits per heavy atom. The molecule has 1 nitrogen and oxygen atoms in total. The van der Waals surface area contributed by atoms with E-state index in [4.69, 9.17) is 5.26 Å². The Kier molecular flexibility index (Phi) is 3.75. The topological polar surface area (TPSA) is 23.8 Å². The van der Waals surface area contributed by atoms with Crippen LogP contribution in [0.2, 0.25) is 0 Å². The van der Waals surface area contributed by atoms with Crippen LogP contribution >= 0.6 is 0 Å². The number of nitriles is 1. The average Bonchev–Trinajstić information content (AvgIpc) is 2.40. The second-order valence-corrected chi connectivity index (χ2v) is 4.28. The SMILES string of the molecule is N#Cc1cc(F)ccc1Cc1ccc(C(F)(F)F)cc1. The molecule has 0 N–H and O–H groups in total. The van der Waals surface area contributed by atoms with Crippen LogP contribution in [-0.4, -0.2) is 0 Å². The number of rotatable bonds is 2. The van der Waals surface area contributed by atoms with Crippen molar-refractivity contribution < 1.29 is 17.6 Å². The summed E-state index contributed by atoms with van der Waals surface area (Å²) in [4.78, 5) is 0. The maximum absolute atomic E-state index is 13.0. The van der Waals surface area contributed by atoms with Crippen molar-refractivity contribution in [3.8, 4) is 6.07 Å². The van der Waals surface area contributed by atoms with E-state index in [0.29, 0.717) is 11.1 Å². The summed E-state index contributed by atoms with van der Waals surface area (Å²) >= 11 is 0. The van der Waals surface area contributed by atoms with Crippen LogP contribution in [0.25, 0.3) is 0 Å². The van der Waals surface area contributed by atoms with Gasteiger partial charge in [0.25, 0.3) is 0 Å². The molecule has 0 saturated carbocycles. The Labute approximate surface area is 113 Å². The summed E-state index contributed by atoms with van der Waals surface area (Å²) in [5.41, 5.74) is 0.667. The molecule has 0 saturated heterocycles. The predicted octanol–water partition coefficient (Wildman–Crippen LogP) is 4.31. The zero-order valence-electron chi connectivity index (χ0n) is 10.2. The number of hydrogen-bond acceptors (Lipinski definition) is 1. The lowest BCUT2D eigenvalue weighted by molar-refractivity contribution is -0.137. The van der Waals surface area contributed by atoms with Crippen molar-refractivity contribution in [1.29, 1.82) is 5.26 Å². The molecule has 0 radical (unpaired) electrons. The van der Waals surface area contributed by atoms with Gasteiger partial charge in [0.1, 0.15) is 5.82 Å². The monoisotopic (exact) mass is 279 g/mol. The quantitative estimate of drug-likeness (QED) is 0.751. The highest BCUT2D eigenvalue weighted by Gasteiger charge is 2.29. The van der Waals surface area contributed by atoms with E-state index in [1.54, 1.807) is 0 Å². The normalized spacial score (nSPS) is 11.2. The molecular formula is C15H9F4N. The molecule has 0 unspecified atom stereocenters. The number of alkyl halides is 3. The zero-order chi connectivity index (χ0) is 14.8. The van der Waals surface area contributed by atoms with E-state index in [2.05, 4.69) is 0 Å². The Morgan fingerprint density at radius 1 is 1.00 bits per heavy atom. The summed E-state index contributed by atoms with van der Waals surface area (Å²) in [5.74, 6) is -0.516. The largest absolute Gasteiger partial charge is 0.416 e. The highest BCUT2D eigenvalue weighted by molar-refractivity contribution is 5.41. The van der Waals surface area contributed by atoms with Crippen molar-refractivity contribution in [2.24, 2.45) is 0 Å². The smallest absolute Gasteiger partial charge is 0.207 e. The third kappa shape index (κ3) is 3.15. The van der Waals surface area contributed by atoms with Crippen LogP contribution in [0.1, 0.15) is 22.3 Å². The van der Waals surface area contributed by atoms with Crippen LogP contribution in [0.5, 0.6) is 0 Å². The second kappa shape index (κ2) is 5.33. The van der Waals surface area contributed by atoms with Gasteiger partial charge in [-0.1, -0.05) is 18.2 Å². The fourth-order valence-corrected chi connectivity index (χ4v) is 1.84. The van der Waals surface area contributed by atoms with Crippen LogP contribution in [0, 0.1) is 17.1 Å². The fraction of sp³-hybridized carbons (Fsp3) is 0.133. The van der Waals surface area contributed by atoms with Gasteiger partial charge in [-0.25, -0.2) is 4.39 Å². The zero-order valence-corrected chi connectivity index (χ0v) is 10.2. The van der Waals surface area contributed by atoms with Crippen molar-refractivity contribution in [2.45, 2.75) is 12.6 Å². The molecule has 0 bridgehead atoms. The van der Waals surface area contributed by atoms with Gasteiger partial charge in [-0.15, -0.1) is 0 Å². The van der Waals surface area contributed by atoms with Gasteiger partial charge in [0.2, 0.25) is 0 Å². The lowest BCUT2D eigenvalue weighted by atomic mass is 9.99. The van der Waals surface area contributed by atoms with Crippen molar-refractivity contribution in [1.82, 2.24) is 0 Å². The van der Waals surface area contributed by atoms with E-state index in [1.165, 1.54) is 24.3 Å². The molecule has 0 aliphatic rings. The van der Waals surface area contributed by atoms with Crippen molar-refractivity contribution >= 4 is 0 Å². The molecule has 0 aromatic heterocycles. The minimum Gasteiger partial charge on any atom is -0.207 e. The van der Waals surface area contributed by atoms with E-state index in [-0.39, 0.29) is 12.0 Å². The molecule has 0 amide bonds. The fourth-order valence-electron chi connectivity index (χ4n) is 1.84. The first-order valence-corrected chi connectivity index (χ1v) is 5.75. The molecule has 102 valence electrons. The van der Waals surface area contributed by atoms with E-state index < -0.39 is 17.6 Å². The Morgan fingerprint density at radius 3 is 2.20 bits per heavy atom. The summed E-state index contributed by atoms with van der Waals surface area (Å²) in [5, 5.41) is 8.91. The third-order valence-corrected chi connectivity index (χ3v) is 2.87. The van der Waals surface area contributed by atoms with Crippen LogP contribution in [-0.2, 0) is 12.6 Å². The molecule has 20 heavy (non-hydrogen) atoms. The van der Waals surface area contributed by atoms with Crippen molar-refractivity contribution in [3.63, 3.8) is 0 Å². The van der Waals surface area contributed by atoms with E-state index in [1.807, 2.05) is 6.07 Å². The maximum atomic E-state index is 13.0. The molecule has 5 heteroatoms. The minimum atomic E-state index is -4.37. The molecule has 0 spiro atoms. The van der Waals surface area contributed by atoms with E-state index >= 15 is 0 Å². The maximum Gasteiger partial charge on any atom is 0.416 e. The number of benzene rings is 2. The first-order chi connectivity index (χ1) is 9.40. The van der Waals surface area contributed by atoms with Gasteiger partial charge in [-0.2, -0.15) is 18.4 Å². The summed E-state index contributed by atoms with van der Waals surface area (Å²) in [6.45, 7) is 0. The van der Waals surface area contributed by atoms with Crippen molar-refractivity contribution in [2.75, 3.05) is 0 Å². The molecule has 0 atom stereocenters. The average molecular weight is 279 g/mol. The number of hydrogen-bond donors (Lipinski definition) is 0. The van der Waals surface area contributed by atoms with Gasteiger partial charge >= 0.3 is 6.18 Å². The summed E-state index contributed by atoms with van der Waals surface area (Å²) in [7, 11) is 0. The lowest BCUT2D eigenvalue weighted by Crippen LogP contribution is -2.04. The van der Waals surface area contributed by atoms with Crippen LogP contribution in [0.3, 0.4) is 0 Å². The van der Waals surface area contributed by atoms with Gasteiger partial charge in [0.05, 0.1) is 17.2 Å². The van der Waals surface area contributed by atoms with E-state index in [9.17, 15) is 17.6 Å². The molecule has 2 aromatic rings. The molecule has 2 rings (SSSR count). The molecule has 0 heterocycles. The van der Waals surface area contributed by atoms with Gasteiger partial charge in [0, 0.05) is 0 Å². The minimum absolute atomic E-state index is 0.185. The third-order valence-electron chi connectivity index (χ3n) is 2.87. The first kappa shape index (κ1) is 14.1. The molecule has 0 fully saturated rings. The molecule has 0 aliphatic heterocycles. The lowest BCUT2D eigenvalue weighted by Gasteiger charge is -2.08. The van der Waals surface area contributed by atoms with Gasteiger partial charge in [-0.05, 0) is 41.8 Å². The Balaban J connectivity index is 2.25. The van der Waals surface area contributed by atoms with Gasteiger partial charge in [-0.3, -0.25) is 0 Å². The molecular weight excluding hydrogens is 270 g/mol. The summed E-state index contributed by atoms with van der Waals surface area (Å²) < 4.78 is 50.3. The van der Waals surface area contributed by atoms with Crippen LogP contribution in [0.15, 0.2) is 42.5 Å². The van der Waals surface area contributed by atoms with Crippen molar-refractivity contribution in [3.05, 3.63) is 70.5 Å².